The number of hydrogen-bond acceptors (Lipinski definition) is 2. The van der Waals surface area contributed by atoms with Gasteiger partial charge in [-0.2, -0.15) is 13.2 Å². The average molecular weight is 365 g/mol. The second kappa shape index (κ2) is 7.91. The fourth-order valence-corrected chi connectivity index (χ4v) is 2.78. The minimum atomic E-state index is -4.97. The number of rotatable bonds is 6. The maximum absolute atomic E-state index is 13.5. The maximum Gasteiger partial charge on any atom is 0.421 e. The molecule has 0 radical (unpaired) electrons. The van der Waals surface area contributed by atoms with Crippen molar-refractivity contribution in [2.45, 2.75) is 44.5 Å². The Bertz CT molecular complexity index is 729. The highest BCUT2D eigenvalue weighted by Gasteiger charge is 2.56. The van der Waals surface area contributed by atoms with Crippen molar-refractivity contribution in [3.8, 4) is 0 Å². The molecule has 2 rings (SSSR count). The van der Waals surface area contributed by atoms with Crippen molar-refractivity contribution in [2.24, 2.45) is 0 Å². The topological polar surface area (TPSA) is 49.3 Å². The zero-order valence-electron chi connectivity index (χ0n) is 14.7. The van der Waals surface area contributed by atoms with Crippen molar-refractivity contribution < 1.29 is 23.1 Å². The van der Waals surface area contributed by atoms with Crippen LogP contribution >= 0.6 is 0 Å². The molecule has 0 saturated heterocycles. The number of benzene rings is 2. The van der Waals surface area contributed by atoms with Crippen LogP contribution in [0.1, 0.15) is 42.5 Å². The number of nitrogens with one attached hydrogen (secondary N) is 1. The normalized spacial score (nSPS) is 15.2. The smallest absolute Gasteiger partial charge is 0.376 e. The molecule has 140 valence electrons. The van der Waals surface area contributed by atoms with Crippen molar-refractivity contribution >= 4 is 5.91 Å². The van der Waals surface area contributed by atoms with Gasteiger partial charge in [-0.3, -0.25) is 4.79 Å². The van der Waals surface area contributed by atoms with Crippen LogP contribution in [0.25, 0.3) is 0 Å². The van der Waals surface area contributed by atoms with Gasteiger partial charge in [0.1, 0.15) is 0 Å². The predicted molar refractivity (Wildman–Crippen MR) is 93.4 cm³/mol. The summed E-state index contributed by atoms with van der Waals surface area (Å²) in [5.74, 6) is -0.860. The van der Waals surface area contributed by atoms with Gasteiger partial charge < -0.3 is 10.4 Å². The number of alkyl halides is 3. The van der Waals surface area contributed by atoms with E-state index in [4.69, 9.17) is 0 Å². The molecule has 0 unspecified atom stereocenters. The van der Waals surface area contributed by atoms with Crippen LogP contribution in [0.15, 0.2) is 54.6 Å². The third-order valence-electron chi connectivity index (χ3n) is 4.36. The number of amides is 1. The standard InChI is InChI=1S/C20H22F3NO2/c1-3-17(15-11-9-14(2)10-12-15)24-18(25)13-19(26,20(21,22)23)16-7-5-4-6-8-16/h4-12,17,26H,3,13H2,1-2H3,(H,24,25)/t17-,19+/m1/s1. The summed E-state index contributed by atoms with van der Waals surface area (Å²) in [7, 11) is 0. The Balaban J connectivity index is 2.20. The van der Waals surface area contributed by atoms with Crippen molar-refractivity contribution in [3.63, 3.8) is 0 Å². The van der Waals surface area contributed by atoms with Crippen LogP contribution in [-0.2, 0) is 10.4 Å². The van der Waals surface area contributed by atoms with Gasteiger partial charge in [0, 0.05) is 0 Å². The van der Waals surface area contributed by atoms with Crippen molar-refractivity contribution in [1.82, 2.24) is 5.32 Å². The Morgan fingerprint density at radius 1 is 1.08 bits per heavy atom. The Hall–Kier alpha value is -2.34. The molecular weight excluding hydrogens is 343 g/mol. The molecule has 0 aliphatic rings. The predicted octanol–water partition coefficient (Wildman–Crippen LogP) is 4.40. The summed E-state index contributed by atoms with van der Waals surface area (Å²) in [6.45, 7) is 3.75. The zero-order chi connectivity index (χ0) is 19.4. The molecule has 0 heterocycles. The largest absolute Gasteiger partial charge is 0.421 e. The van der Waals surface area contributed by atoms with Gasteiger partial charge in [0.2, 0.25) is 5.91 Å². The fourth-order valence-electron chi connectivity index (χ4n) is 2.78. The lowest BCUT2D eigenvalue weighted by molar-refractivity contribution is -0.267. The summed E-state index contributed by atoms with van der Waals surface area (Å²) in [4.78, 5) is 12.3. The summed E-state index contributed by atoms with van der Waals surface area (Å²) in [5.41, 5.74) is -1.73. The molecule has 2 atom stereocenters. The second-order valence-corrected chi connectivity index (χ2v) is 6.34. The van der Waals surface area contributed by atoms with Crippen molar-refractivity contribution in [1.29, 1.82) is 0 Å². The molecule has 2 N–H and O–H groups in total. The van der Waals surface area contributed by atoms with Crippen LogP contribution in [0, 0.1) is 6.92 Å². The zero-order valence-corrected chi connectivity index (χ0v) is 14.7. The third kappa shape index (κ3) is 4.43. The number of carbonyl (C=O) groups excluding carboxylic acids is 1. The van der Waals surface area contributed by atoms with Gasteiger partial charge in [-0.25, -0.2) is 0 Å². The molecule has 2 aromatic carbocycles. The maximum atomic E-state index is 13.5. The Morgan fingerprint density at radius 3 is 2.15 bits per heavy atom. The molecule has 6 heteroatoms. The fraction of sp³-hybridized carbons (Fsp3) is 0.350. The van der Waals surface area contributed by atoms with Crippen LogP contribution in [0.4, 0.5) is 13.2 Å². The quantitative estimate of drug-likeness (QED) is 0.797. The number of aryl methyl sites for hydroxylation is 1. The minimum absolute atomic E-state index is 0.356. The van der Waals surface area contributed by atoms with E-state index in [2.05, 4.69) is 5.32 Å². The highest BCUT2D eigenvalue weighted by molar-refractivity contribution is 5.78. The molecule has 3 nitrogen and oxygen atoms in total. The van der Waals surface area contributed by atoms with Crippen LogP contribution in [-0.4, -0.2) is 17.2 Å². The lowest BCUT2D eigenvalue weighted by Gasteiger charge is -2.31. The first kappa shape index (κ1) is 20.0. The minimum Gasteiger partial charge on any atom is -0.376 e. The van der Waals surface area contributed by atoms with Gasteiger partial charge in [-0.15, -0.1) is 0 Å². The van der Waals surface area contributed by atoms with Crippen LogP contribution in [0.5, 0.6) is 0 Å². The molecule has 2 aromatic rings. The van der Waals surface area contributed by atoms with Gasteiger partial charge in [0.05, 0.1) is 12.5 Å². The summed E-state index contributed by atoms with van der Waals surface area (Å²) in [6.07, 6.45) is -5.55. The average Bonchev–Trinajstić information content (AvgIpc) is 2.60. The molecule has 26 heavy (non-hydrogen) atoms. The monoisotopic (exact) mass is 365 g/mol. The molecule has 0 saturated carbocycles. The van der Waals surface area contributed by atoms with Crippen LogP contribution < -0.4 is 5.32 Å². The van der Waals surface area contributed by atoms with Gasteiger partial charge in [-0.05, 0) is 24.5 Å². The molecule has 0 spiro atoms. The number of aliphatic hydroxyl groups is 1. The van der Waals surface area contributed by atoms with E-state index in [1.54, 1.807) is 6.07 Å². The molecule has 0 aliphatic heterocycles. The Kier molecular flexibility index (Phi) is 6.08. The molecule has 0 aliphatic carbocycles. The summed E-state index contributed by atoms with van der Waals surface area (Å²) in [5, 5.41) is 12.9. The molecule has 0 fully saturated rings. The van der Waals surface area contributed by atoms with E-state index in [0.717, 1.165) is 23.3 Å². The molecular formula is C20H22F3NO2. The molecule has 0 bridgehead atoms. The van der Waals surface area contributed by atoms with E-state index in [-0.39, 0.29) is 5.56 Å². The highest BCUT2D eigenvalue weighted by Crippen LogP contribution is 2.41. The van der Waals surface area contributed by atoms with Crippen LogP contribution in [0.2, 0.25) is 0 Å². The van der Waals surface area contributed by atoms with Gasteiger partial charge in [0.15, 0.2) is 5.60 Å². The molecule has 0 aromatic heterocycles. The lowest BCUT2D eigenvalue weighted by atomic mass is 9.89. The van der Waals surface area contributed by atoms with E-state index >= 15 is 0 Å². The first-order valence-corrected chi connectivity index (χ1v) is 8.38. The van der Waals surface area contributed by atoms with E-state index in [0.29, 0.717) is 6.42 Å². The van der Waals surface area contributed by atoms with E-state index in [1.165, 1.54) is 12.1 Å². The Labute approximate surface area is 150 Å². The van der Waals surface area contributed by atoms with Crippen LogP contribution in [0.3, 0.4) is 0 Å². The first-order chi connectivity index (χ1) is 12.2. The van der Waals surface area contributed by atoms with Crippen molar-refractivity contribution in [3.05, 3.63) is 71.3 Å². The number of halogens is 3. The second-order valence-electron chi connectivity index (χ2n) is 6.34. The highest BCUT2D eigenvalue weighted by atomic mass is 19.4. The lowest BCUT2D eigenvalue weighted by Crippen LogP contribution is -2.46. The van der Waals surface area contributed by atoms with Crippen molar-refractivity contribution in [2.75, 3.05) is 0 Å². The first-order valence-electron chi connectivity index (χ1n) is 8.38. The van der Waals surface area contributed by atoms with Gasteiger partial charge in [0.25, 0.3) is 0 Å². The summed E-state index contributed by atoms with van der Waals surface area (Å²) >= 11 is 0. The number of carbonyl (C=O) groups is 1. The van der Waals surface area contributed by atoms with Gasteiger partial charge in [-0.1, -0.05) is 67.1 Å². The molecule has 1 amide bonds. The number of hydrogen-bond donors (Lipinski definition) is 2. The Morgan fingerprint density at radius 2 is 1.65 bits per heavy atom. The van der Waals surface area contributed by atoms with E-state index in [9.17, 15) is 23.1 Å². The van der Waals surface area contributed by atoms with E-state index < -0.39 is 30.1 Å². The SMILES string of the molecule is CC[C@@H](NC(=O)C[C@](O)(c1ccccc1)C(F)(F)F)c1ccc(C)cc1. The van der Waals surface area contributed by atoms with Gasteiger partial charge >= 0.3 is 6.18 Å². The summed E-state index contributed by atoms with van der Waals surface area (Å²) < 4.78 is 40.5. The third-order valence-corrected chi connectivity index (χ3v) is 4.36. The summed E-state index contributed by atoms with van der Waals surface area (Å²) in [6, 6.07) is 13.7. The van der Waals surface area contributed by atoms with E-state index in [1.807, 2.05) is 38.1 Å².